The monoisotopic (exact) mass is 468 g/mol. The maximum absolute atomic E-state index is 15.6. The van der Waals surface area contributed by atoms with Crippen LogP contribution in [0.2, 0.25) is 0 Å². The number of pyridine rings is 1. The highest BCUT2D eigenvalue weighted by atomic mass is 32.1. The van der Waals surface area contributed by atoms with E-state index in [9.17, 15) is 10.1 Å². The summed E-state index contributed by atoms with van der Waals surface area (Å²) in [5.74, 6) is 0.242. The van der Waals surface area contributed by atoms with Crippen LogP contribution in [0.4, 0.5) is 10.1 Å². The van der Waals surface area contributed by atoms with Gasteiger partial charge in [0.15, 0.2) is 17.0 Å². The number of nitrogens with zero attached hydrogens (tertiary/aromatic N) is 3. The van der Waals surface area contributed by atoms with E-state index in [4.69, 9.17) is 10.5 Å². The fraction of sp³-hybridized carbons (Fsp3) is 0.520. The molecule has 1 aromatic carbocycles. The number of aromatic nitrogens is 1. The summed E-state index contributed by atoms with van der Waals surface area (Å²) >= 11 is 1.38. The van der Waals surface area contributed by atoms with Gasteiger partial charge < -0.3 is 19.9 Å². The number of anilines is 1. The first-order valence-corrected chi connectivity index (χ1v) is 12.5. The van der Waals surface area contributed by atoms with Crippen LogP contribution in [0.5, 0.6) is 5.75 Å². The molecular weight excluding hydrogens is 439 g/mol. The van der Waals surface area contributed by atoms with Gasteiger partial charge in [0.25, 0.3) is 0 Å². The van der Waals surface area contributed by atoms with Gasteiger partial charge in [-0.3, -0.25) is 4.79 Å². The Labute approximate surface area is 196 Å². The van der Waals surface area contributed by atoms with Gasteiger partial charge in [-0.05, 0) is 50.2 Å². The van der Waals surface area contributed by atoms with Gasteiger partial charge in [0.05, 0.1) is 23.4 Å². The Bertz CT molecular complexity index is 1350. The molecule has 3 aromatic rings. The smallest absolute Gasteiger partial charge is 0.198 e. The maximum Gasteiger partial charge on any atom is 0.198 e. The average Bonchev–Trinajstić information content (AvgIpc) is 3.38. The molecule has 2 fully saturated rings. The van der Waals surface area contributed by atoms with Crippen molar-refractivity contribution in [3.05, 3.63) is 32.5 Å². The van der Waals surface area contributed by atoms with Crippen molar-refractivity contribution in [2.45, 2.75) is 58.0 Å². The number of rotatable bonds is 6. The van der Waals surface area contributed by atoms with E-state index in [1.165, 1.54) is 17.4 Å². The van der Waals surface area contributed by atoms with Gasteiger partial charge >= 0.3 is 0 Å². The topological polar surface area (TPSA) is 84.3 Å². The predicted octanol–water partition coefficient (Wildman–Crippen LogP) is 4.70. The Hall–Kier alpha value is -2.63. The minimum absolute atomic E-state index is 0.0290. The second-order valence-electron chi connectivity index (χ2n) is 9.37. The Morgan fingerprint density at radius 1 is 1.39 bits per heavy atom. The van der Waals surface area contributed by atoms with Crippen molar-refractivity contribution in [3.8, 4) is 11.8 Å². The van der Waals surface area contributed by atoms with Gasteiger partial charge in [0.2, 0.25) is 0 Å². The predicted molar refractivity (Wildman–Crippen MR) is 131 cm³/mol. The van der Waals surface area contributed by atoms with Gasteiger partial charge in [0, 0.05) is 25.2 Å². The van der Waals surface area contributed by atoms with Crippen molar-refractivity contribution in [1.29, 1.82) is 5.26 Å². The van der Waals surface area contributed by atoms with E-state index < -0.39 is 5.82 Å². The van der Waals surface area contributed by atoms with Gasteiger partial charge in [0.1, 0.15) is 21.5 Å². The van der Waals surface area contributed by atoms with Gasteiger partial charge in [-0.2, -0.15) is 5.26 Å². The standard InChI is InChI=1S/C25H29FN4O2S/c1-4-5-16-19(11-27)33-25-20(16)23(31)17-10-18(26)22(29-9-8-14(12-29)13(2)28)24(32-3)21(17)30(25)15-6-7-15/h10,13-15H,4-9,12,28H2,1-3H3. The number of methoxy groups -OCH3 is 1. The molecule has 2 N–H and O–H groups in total. The molecule has 2 atom stereocenters. The third-order valence-corrected chi connectivity index (χ3v) is 8.24. The minimum atomic E-state index is -0.448. The number of hydrogen-bond acceptors (Lipinski definition) is 6. The zero-order valence-electron chi connectivity index (χ0n) is 19.3. The highest BCUT2D eigenvalue weighted by Gasteiger charge is 2.35. The molecule has 6 nitrogen and oxygen atoms in total. The van der Waals surface area contributed by atoms with Gasteiger partial charge in [-0.15, -0.1) is 11.3 Å². The minimum Gasteiger partial charge on any atom is -0.492 e. The third-order valence-electron chi connectivity index (χ3n) is 7.10. The molecule has 0 amide bonds. The number of ether oxygens (including phenoxy) is 1. The Kier molecular flexibility index (Phi) is 5.58. The van der Waals surface area contributed by atoms with E-state index in [1.54, 1.807) is 7.11 Å². The molecule has 1 aliphatic carbocycles. The van der Waals surface area contributed by atoms with E-state index in [-0.39, 0.29) is 23.4 Å². The number of aryl methyl sites for hydroxylation is 1. The molecule has 0 spiro atoms. The second kappa shape index (κ2) is 8.30. The number of nitriles is 1. The van der Waals surface area contributed by atoms with E-state index in [2.05, 4.69) is 10.6 Å². The van der Waals surface area contributed by atoms with Crippen molar-refractivity contribution < 1.29 is 9.13 Å². The summed E-state index contributed by atoms with van der Waals surface area (Å²) in [6, 6.07) is 3.92. The molecule has 2 unspecified atom stereocenters. The molecule has 3 heterocycles. The number of thiophene rings is 1. The quantitative estimate of drug-likeness (QED) is 0.567. The van der Waals surface area contributed by atoms with E-state index >= 15 is 4.39 Å². The molecule has 5 rings (SSSR count). The van der Waals surface area contributed by atoms with Crippen molar-refractivity contribution in [1.82, 2.24) is 4.57 Å². The molecule has 1 saturated carbocycles. The van der Waals surface area contributed by atoms with Crippen LogP contribution in [0, 0.1) is 23.1 Å². The van der Waals surface area contributed by atoms with E-state index in [1.807, 2.05) is 18.7 Å². The average molecular weight is 469 g/mol. The lowest BCUT2D eigenvalue weighted by molar-refractivity contribution is 0.413. The van der Waals surface area contributed by atoms with Crippen LogP contribution in [0.3, 0.4) is 0 Å². The summed E-state index contributed by atoms with van der Waals surface area (Å²) in [5.41, 5.74) is 7.76. The first-order valence-electron chi connectivity index (χ1n) is 11.7. The normalized spacial score (nSPS) is 19.4. The SMILES string of the molecule is CCCc1c(C#N)sc2c1c(=O)c1cc(F)c(N3CCC(C(C)N)C3)c(OC)c1n2C1CC1. The lowest BCUT2D eigenvalue weighted by Crippen LogP contribution is -2.30. The summed E-state index contributed by atoms with van der Waals surface area (Å²) < 4.78 is 23.6. The van der Waals surface area contributed by atoms with Crippen LogP contribution in [0.15, 0.2) is 10.9 Å². The summed E-state index contributed by atoms with van der Waals surface area (Å²) in [5, 5.41) is 10.7. The fourth-order valence-electron chi connectivity index (χ4n) is 5.28. The number of nitrogens with two attached hydrogens (primary N) is 1. The molecular formula is C25H29FN4O2S. The molecule has 1 aliphatic heterocycles. The highest BCUT2D eigenvalue weighted by Crippen LogP contribution is 2.48. The molecule has 8 heteroatoms. The van der Waals surface area contributed by atoms with Crippen molar-refractivity contribution in [2.24, 2.45) is 11.7 Å². The molecule has 0 radical (unpaired) electrons. The first-order chi connectivity index (χ1) is 15.9. The number of fused-ring (bicyclic) bond motifs is 2. The number of benzene rings is 1. The molecule has 2 aromatic heterocycles. The van der Waals surface area contributed by atoms with Crippen LogP contribution >= 0.6 is 11.3 Å². The largest absolute Gasteiger partial charge is 0.492 e. The van der Waals surface area contributed by atoms with Gasteiger partial charge in [-0.25, -0.2) is 4.39 Å². The second-order valence-corrected chi connectivity index (χ2v) is 10.4. The number of halogens is 1. The Balaban J connectivity index is 1.86. The zero-order valence-corrected chi connectivity index (χ0v) is 20.1. The van der Waals surface area contributed by atoms with Crippen LogP contribution in [0.25, 0.3) is 21.1 Å². The number of hydrogen-bond donors (Lipinski definition) is 1. The Morgan fingerprint density at radius 3 is 2.73 bits per heavy atom. The van der Waals surface area contributed by atoms with Crippen LogP contribution in [-0.2, 0) is 6.42 Å². The van der Waals surface area contributed by atoms with Crippen molar-refractivity contribution >= 4 is 38.1 Å². The highest BCUT2D eigenvalue weighted by molar-refractivity contribution is 7.19. The molecule has 2 aliphatic rings. The van der Waals surface area contributed by atoms with Crippen LogP contribution in [0.1, 0.15) is 56.0 Å². The lowest BCUT2D eigenvalue weighted by Gasteiger charge is -2.25. The van der Waals surface area contributed by atoms with Crippen molar-refractivity contribution in [3.63, 3.8) is 0 Å². The molecule has 33 heavy (non-hydrogen) atoms. The lowest BCUT2D eigenvalue weighted by atomic mass is 10.0. The molecule has 0 bridgehead atoms. The van der Waals surface area contributed by atoms with E-state index in [0.29, 0.717) is 52.1 Å². The van der Waals surface area contributed by atoms with E-state index in [0.717, 1.165) is 36.1 Å². The first kappa shape index (κ1) is 22.2. The fourth-order valence-corrected chi connectivity index (χ4v) is 6.50. The molecule has 174 valence electrons. The van der Waals surface area contributed by atoms with Crippen LogP contribution in [-0.4, -0.2) is 30.8 Å². The summed E-state index contributed by atoms with van der Waals surface area (Å²) in [4.78, 5) is 17.1. The zero-order chi connectivity index (χ0) is 23.4. The summed E-state index contributed by atoms with van der Waals surface area (Å²) in [6.07, 6.45) is 4.35. The third kappa shape index (κ3) is 3.41. The van der Waals surface area contributed by atoms with Crippen molar-refractivity contribution in [2.75, 3.05) is 25.1 Å². The maximum atomic E-state index is 15.6. The van der Waals surface area contributed by atoms with Gasteiger partial charge in [-0.1, -0.05) is 13.3 Å². The Morgan fingerprint density at radius 2 is 2.15 bits per heavy atom. The summed E-state index contributed by atoms with van der Waals surface area (Å²) in [6.45, 7) is 5.37. The molecule has 1 saturated heterocycles. The van der Waals surface area contributed by atoms with Crippen LogP contribution < -0.4 is 20.8 Å². The summed E-state index contributed by atoms with van der Waals surface area (Å²) in [7, 11) is 1.54.